The van der Waals surface area contributed by atoms with Crippen molar-refractivity contribution in [1.29, 1.82) is 0 Å². The molecule has 0 aromatic heterocycles. The SMILES string of the molecule is CC1(C)C(/C=C/C(=O)O)CCS1(=O)=O. The first-order chi connectivity index (χ1) is 6.27. The molecule has 1 aliphatic heterocycles. The summed E-state index contributed by atoms with van der Waals surface area (Å²) < 4.78 is 22.3. The van der Waals surface area contributed by atoms with Crippen molar-refractivity contribution in [2.24, 2.45) is 5.92 Å². The van der Waals surface area contributed by atoms with E-state index in [0.717, 1.165) is 6.08 Å². The van der Waals surface area contributed by atoms with Crippen molar-refractivity contribution in [3.63, 3.8) is 0 Å². The molecule has 4 nitrogen and oxygen atoms in total. The Kier molecular flexibility index (Phi) is 2.71. The highest BCUT2D eigenvalue weighted by atomic mass is 32.2. The standard InChI is InChI=1S/C9H14O4S/c1-9(2)7(3-4-8(10)11)5-6-14(9,12)13/h3-4,7H,5-6H2,1-2H3,(H,10,11)/b4-3+. The summed E-state index contributed by atoms with van der Waals surface area (Å²) in [5, 5.41) is 8.44. The summed E-state index contributed by atoms with van der Waals surface area (Å²) in [6, 6.07) is 0. The Balaban J connectivity index is 2.91. The van der Waals surface area contributed by atoms with Crippen LogP contribution in [0, 0.1) is 5.92 Å². The fourth-order valence-electron chi connectivity index (χ4n) is 1.65. The number of sulfone groups is 1. The predicted molar refractivity (Wildman–Crippen MR) is 52.7 cm³/mol. The van der Waals surface area contributed by atoms with E-state index < -0.39 is 20.6 Å². The Hall–Kier alpha value is -0.840. The monoisotopic (exact) mass is 218 g/mol. The zero-order valence-electron chi connectivity index (χ0n) is 8.23. The fourth-order valence-corrected chi connectivity index (χ4v) is 3.40. The van der Waals surface area contributed by atoms with E-state index in [0.29, 0.717) is 6.42 Å². The maximum absolute atomic E-state index is 11.6. The number of carboxylic acids is 1. The van der Waals surface area contributed by atoms with E-state index in [-0.39, 0.29) is 11.7 Å². The summed E-state index contributed by atoms with van der Waals surface area (Å²) in [5.74, 6) is -1.08. The van der Waals surface area contributed by atoms with Gasteiger partial charge >= 0.3 is 5.97 Å². The highest BCUT2D eigenvalue weighted by Crippen LogP contribution is 2.37. The minimum Gasteiger partial charge on any atom is -0.478 e. The van der Waals surface area contributed by atoms with Crippen LogP contribution < -0.4 is 0 Å². The summed E-state index contributed by atoms with van der Waals surface area (Å²) >= 11 is 0. The van der Waals surface area contributed by atoms with Crippen LogP contribution >= 0.6 is 0 Å². The maximum atomic E-state index is 11.6. The second-order valence-corrected chi connectivity index (χ2v) is 6.70. The van der Waals surface area contributed by atoms with Gasteiger partial charge in [-0.15, -0.1) is 0 Å². The molecule has 1 fully saturated rings. The van der Waals surface area contributed by atoms with E-state index in [4.69, 9.17) is 5.11 Å². The summed E-state index contributed by atoms with van der Waals surface area (Å²) in [7, 11) is -3.07. The van der Waals surface area contributed by atoms with Gasteiger partial charge in [-0.05, 0) is 26.2 Å². The van der Waals surface area contributed by atoms with Gasteiger partial charge in [0.15, 0.2) is 9.84 Å². The van der Waals surface area contributed by atoms with Gasteiger partial charge in [0.05, 0.1) is 10.5 Å². The lowest BCUT2D eigenvalue weighted by Gasteiger charge is -2.22. The topological polar surface area (TPSA) is 71.4 Å². The van der Waals surface area contributed by atoms with E-state index in [2.05, 4.69) is 0 Å². The summed E-state index contributed by atoms with van der Waals surface area (Å²) in [6.07, 6.45) is 3.01. The van der Waals surface area contributed by atoms with Crippen molar-refractivity contribution in [3.05, 3.63) is 12.2 Å². The molecule has 1 N–H and O–H groups in total. The number of aliphatic carboxylic acids is 1. The molecule has 1 unspecified atom stereocenters. The Morgan fingerprint density at radius 1 is 1.50 bits per heavy atom. The van der Waals surface area contributed by atoms with E-state index >= 15 is 0 Å². The molecule has 1 rings (SSSR count). The van der Waals surface area contributed by atoms with Gasteiger partial charge in [0.25, 0.3) is 0 Å². The molecule has 0 saturated carbocycles. The second-order valence-electron chi connectivity index (χ2n) is 4.01. The molecule has 1 atom stereocenters. The molecule has 0 spiro atoms. The molecule has 0 bridgehead atoms. The van der Waals surface area contributed by atoms with Crippen LogP contribution in [0.15, 0.2) is 12.2 Å². The Bertz CT molecular complexity index is 364. The number of rotatable bonds is 2. The van der Waals surface area contributed by atoms with Crippen molar-refractivity contribution in [3.8, 4) is 0 Å². The minimum atomic E-state index is -3.07. The first-order valence-corrected chi connectivity index (χ1v) is 6.06. The Labute approximate surface area is 83.5 Å². The highest BCUT2D eigenvalue weighted by Gasteiger charge is 2.46. The molecule has 0 amide bonds. The third kappa shape index (κ3) is 1.82. The van der Waals surface area contributed by atoms with Gasteiger partial charge in [0.1, 0.15) is 0 Å². The van der Waals surface area contributed by atoms with Crippen LogP contribution in [-0.2, 0) is 14.6 Å². The van der Waals surface area contributed by atoms with Crippen LogP contribution in [0.2, 0.25) is 0 Å². The lowest BCUT2D eigenvalue weighted by Crippen LogP contribution is -2.32. The predicted octanol–water partition coefficient (Wildman–Crippen LogP) is 0.841. The molecular weight excluding hydrogens is 204 g/mol. The van der Waals surface area contributed by atoms with Gasteiger partial charge < -0.3 is 5.11 Å². The minimum absolute atomic E-state index is 0.147. The van der Waals surface area contributed by atoms with Crippen LogP contribution in [0.1, 0.15) is 20.3 Å². The van der Waals surface area contributed by atoms with Crippen molar-refractivity contribution >= 4 is 15.8 Å². The zero-order valence-corrected chi connectivity index (χ0v) is 9.04. The van der Waals surface area contributed by atoms with Gasteiger partial charge in [0.2, 0.25) is 0 Å². The van der Waals surface area contributed by atoms with Gasteiger partial charge in [-0.3, -0.25) is 0 Å². The van der Waals surface area contributed by atoms with Gasteiger partial charge in [-0.1, -0.05) is 6.08 Å². The van der Waals surface area contributed by atoms with Crippen LogP contribution in [0.4, 0.5) is 0 Å². The Morgan fingerprint density at radius 2 is 2.07 bits per heavy atom. The third-order valence-corrected chi connectivity index (χ3v) is 5.54. The highest BCUT2D eigenvalue weighted by molar-refractivity contribution is 7.93. The molecule has 14 heavy (non-hydrogen) atoms. The van der Waals surface area contributed by atoms with Crippen molar-refractivity contribution in [2.75, 3.05) is 5.75 Å². The Morgan fingerprint density at radius 3 is 2.43 bits per heavy atom. The van der Waals surface area contributed by atoms with Crippen molar-refractivity contribution in [2.45, 2.75) is 25.0 Å². The van der Waals surface area contributed by atoms with E-state index in [1.54, 1.807) is 13.8 Å². The normalized spacial score (nSPS) is 29.4. The molecule has 80 valence electrons. The molecule has 0 aliphatic carbocycles. The third-order valence-electron chi connectivity index (χ3n) is 2.86. The lowest BCUT2D eigenvalue weighted by atomic mass is 9.92. The van der Waals surface area contributed by atoms with E-state index in [9.17, 15) is 13.2 Å². The zero-order chi connectivity index (χ0) is 11.0. The lowest BCUT2D eigenvalue weighted by molar-refractivity contribution is -0.131. The average Bonchev–Trinajstić information content (AvgIpc) is 2.20. The molecule has 5 heteroatoms. The first-order valence-electron chi connectivity index (χ1n) is 4.41. The number of hydrogen-bond acceptors (Lipinski definition) is 3. The molecule has 0 aromatic carbocycles. The van der Waals surface area contributed by atoms with Gasteiger partial charge in [-0.2, -0.15) is 0 Å². The van der Waals surface area contributed by atoms with Crippen LogP contribution in [0.25, 0.3) is 0 Å². The van der Waals surface area contributed by atoms with E-state index in [1.165, 1.54) is 6.08 Å². The number of carbonyl (C=O) groups is 1. The molecular formula is C9H14O4S. The molecule has 1 aliphatic rings. The fraction of sp³-hybridized carbons (Fsp3) is 0.667. The maximum Gasteiger partial charge on any atom is 0.327 e. The van der Waals surface area contributed by atoms with E-state index in [1.807, 2.05) is 0 Å². The van der Waals surface area contributed by atoms with Crippen LogP contribution in [0.3, 0.4) is 0 Å². The molecule has 1 heterocycles. The second kappa shape index (κ2) is 3.38. The average molecular weight is 218 g/mol. The first kappa shape index (κ1) is 11.2. The quantitative estimate of drug-likeness (QED) is 0.697. The number of hydrogen-bond donors (Lipinski definition) is 1. The number of carboxylic acid groups (broad SMARTS) is 1. The van der Waals surface area contributed by atoms with Gasteiger partial charge in [0, 0.05) is 6.08 Å². The molecule has 0 radical (unpaired) electrons. The molecule has 1 saturated heterocycles. The smallest absolute Gasteiger partial charge is 0.327 e. The van der Waals surface area contributed by atoms with Crippen molar-refractivity contribution < 1.29 is 18.3 Å². The van der Waals surface area contributed by atoms with Crippen LogP contribution in [0.5, 0.6) is 0 Å². The summed E-state index contributed by atoms with van der Waals surface area (Å²) in [4.78, 5) is 10.3. The summed E-state index contributed by atoms with van der Waals surface area (Å²) in [6.45, 7) is 3.29. The van der Waals surface area contributed by atoms with Crippen molar-refractivity contribution in [1.82, 2.24) is 0 Å². The van der Waals surface area contributed by atoms with Crippen LogP contribution in [-0.4, -0.2) is 30.0 Å². The van der Waals surface area contributed by atoms with Gasteiger partial charge in [-0.25, -0.2) is 13.2 Å². The largest absolute Gasteiger partial charge is 0.478 e. The summed E-state index contributed by atoms with van der Waals surface area (Å²) in [5.41, 5.74) is 0. The molecule has 0 aromatic rings. The number of allylic oxidation sites excluding steroid dienone is 1.